The highest BCUT2D eigenvalue weighted by atomic mass is 32.1. The van der Waals surface area contributed by atoms with Crippen molar-refractivity contribution in [1.29, 1.82) is 0 Å². The Hall–Kier alpha value is -1.70. The molecular formula is C16H23N3O3S. The van der Waals surface area contributed by atoms with Gasteiger partial charge in [-0.05, 0) is 43.5 Å². The molecule has 0 radical (unpaired) electrons. The summed E-state index contributed by atoms with van der Waals surface area (Å²) in [5.41, 5.74) is 0.556. The molecule has 1 heterocycles. The molecule has 1 aromatic carbocycles. The number of likely N-dealkylation sites (N-methyl/N-ethyl adjacent to an activating group) is 1. The molecule has 1 aliphatic heterocycles. The van der Waals surface area contributed by atoms with Gasteiger partial charge in [-0.2, -0.15) is 0 Å². The minimum atomic E-state index is -0.197. The SMILES string of the molecule is COCCOc1ccc(C(=O)NC(=S)N2CCN(C)CC2)cc1. The molecule has 0 unspecified atom stereocenters. The Morgan fingerprint density at radius 3 is 2.43 bits per heavy atom. The maximum absolute atomic E-state index is 12.2. The van der Waals surface area contributed by atoms with Crippen LogP contribution < -0.4 is 10.1 Å². The summed E-state index contributed by atoms with van der Waals surface area (Å²) < 4.78 is 10.4. The molecule has 2 rings (SSSR count). The Labute approximate surface area is 142 Å². The second-order valence-corrected chi connectivity index (χ2v) is 5.80. The molecule has 0 saturated carbocycles. The Morgan fingerprint density at radius 2 is 1.83 bits per heavy atom. The fourth-order valence-corrected chi connectivity index (χ4v) is 2.48. The predicted octanol–water partition coefficient (Wildman–Crippen LogP) is 0.974. The van der Waals surface area contributed by atoms with Gasteiger partial charge in [0.25, 0.3) is 5.91 Å². The first-order chi connectivity index (χ1) is 11.1. The number of ether oxygens (including phenoxy) is 2. The van der Waals surface area contributed by atoms with Crippen LogP contribution in [0.2, 0.25) is 0 Å². The van der Waals surface area contributed by atoms with Gasteiger partial charge in [0.1, 0.15) is 12.4 Å². The van der Waals surface area contributed by atoms with Crippen molar-refractivity contribution >= 4 is 23.2 Å². The second kappa shape index (κ2) is 8.81. The number of thiocarbonyl (C=S) groups is 1. The fraction of sp³-hybridized carbons (Fsp3) is 0.500. The van der Waals surface area contributed by atoms with E-state index in [1.165, 1.54) is 0 Å². The summed E-state index contributed by atoms with van der Waals surface area (Å²) in [4.78, 5) is 16.5. The topological polar surface area (TPSA) is 54.0 Å². The van der Waals surface area contributed by atoms with Crippen molar-refractivity contribution in [1.82, 2.24) is 15.1 Å². The number of methoxy groups -OCH3 is 1. The number of hydrogen-bond donors (Lipinski definition) is 1. The van der Waals surface area contributed by atoms with Gasteiger partial charge in [-0.25, -0.2) is 0 Å². The molecule has 7 heteroatoms. The Bertz CT molecular complexity index is 528. The first-order valence-electron chi connectivity index (χ1n) is 7.61. The molecular weight excluding hydrogens is 314 g/mol. The van der Waals surface area contributed by atoms with Crippen molar-refractivity contribution in [2.45, 2.75) is 0 Å². The number of piperazine rings is 1. The standard InChI is InChI=1S/C16H23N3O3S/c1-18-7-9-19(10-8-18)16(23)17-15(20)13-3-5-14(6-4-13)22-12-11-21-2/h3-6H,7-12H2,1-2H3,(H,17,20,23). The van der Waals surface area contributed by atoms with E-state index < -0.39 is 0 Å². The fourth-order valence-electron chi connectivity index (χ4n) is 2.20. The normalized spacial score (nSPS) is 15.3. The summed E-state index contributed by atoms with van der Waals surface area (Å²) in [7, 11) is 3.70. The summed E-state index contributed by atoms with van der Waals surface area (Å²) >= 11 is 5.32. The molecule has 0 atom stereocenters. The van der Waals surface area contributed by atoms with E-state index in [1.54, 1.807) is 31.4 Å². The molecule has 126 valence electrons. The molecule has 1 fully saturated rings. The van der Waals surface area contributed by atoms with E-state index in [9.17, 15) is 4.79 Å². The van der Waals surface area contributed by atoms with Crippen LogP contribution in [0.1, 0.15) is 10.4 Å². The molecule has 0 bridgehead atoms. The Balaban J connectivity index is 1.84. The molecule has 1 aliphatic rings. The maximum Gasteiger partial charge on any atom is 0.257 e. The van der Waals surface area contributed by atoms with Crippen LogP contribution in [-0.2, 0) is 4.74 Å². The van der Waals surface area contributed by atoms with Crippen LogP contribution in [-0.4, -0.2) is 74.4 Å². The number of hydrogen-bond acceptors (Lipinski definition) is 5. The maximum atomic E-state index is 12.2. The summed E-state index contributed by atoms with van der Waals surface area (Å²) in [5.74, 6) is 0.512. The van der Waals surface area contributed by atoms with Crippen LogP contribution in [0.5, 0.6) is 5.75 Å². The van der Waals surface area contributed by atoms with Gasteiger partial charge >= 0.3 is 0 Å². The lowest BCUT2D eigenvalue weighted by Gasteiger charge is -2.33. The largest absolute Gasteiger partial charge is 0.491 e. The highest BCUT2D eigenvalue weighted by molar-refractivity contribution is 7.80. The lowest BCUT2D eigenvalue weighted by atomic mass is 10.2. The van der Waals surface area contributed by atoms with Gasteiger partial charge in [-0.15, -0.1) is 0 Å². The number of carbonyl (C=O) groups is 1. The third-order valence-electron chi connectivity index (χ3n) is 3.68. The van der Waals surface area contributed by atoms with Gasteiger partial charge in [-0.3, -0.25) is 10.1 Å². The van der Waals surface area contributed by atoms with E-state index >= 15 is 0 Å². The predicted molar refractivity (Wildman–Crippen MR) is 92.9 cm³/mol. The van der Waals surface area contributed by atoms with Gasteiger partial charge in [0, 0.05) is 38.9 Å². The molecule has 23 heavy (non-hydrogen) atoms. The van der Waals surface area contributed by atoms with E-state index in [-0.39, 0.29) is 5.91 Å². The average Bonchev–Trinajstić information content (AvgIpc) is 2.56. The first-order valence-corrected chi connectivity index (χ1v) is 8.01. The molecule has 6 nitrogen and oxygen atoms in total. The molecule has 0 aromatic heterocycles. The lowest BCUT2D eigenvalue weighted by Crippen LogP contribution is -2.51. The molecule has 1 amide bonds. The van der Waals surface area contributed by atoms with Crippen LogP contribution >= 0.6 is 12.2 Å². The first kappa shape index (κ1) is 17.7. The van der Waals surface area contributed by atoms with E-state index in [4.69, 9.17) is 21.7 Å². The number of nitrogens with one attached hydrogen (secondary N) is 1. The number of benzene rings is 1. The zero-order valence-corrected chi connectivity index (χ0v) is 14.4. The van der Waals surface area contributed by atoms with Gasteiger partial charge in [0.05, 0.1) is 6.61 Å². The van der Waals surface area contributed by atoms with E-state index in [2.05, 4.69) is 17.3 Å². The zero-order valence-electron chi connectivity index (χ0n) is 13.6. The number of nitrogens with zero attached hydrogens (tertiary/aromatic N) is 2. The van der Waals surface area contributed by atoms with E-state index in [0.29, 0.717) is 29.6 Å². The highest BCUT2D eigenvalue weighted by Gasteiger charge is 2.18. The molecule has 0 aliphatic carbocycles. The van der Waals surface area contributed by atoms with E-state index in [0.717, 1.165) is 26.2 Å². The van der Waals surface area contributed by atoms with Crippen molar-refractivity contribution < 1.29 is 14.3 Å². The number of amides is 1. The summed E-state index contributed by atoms with van der Waals surface area (Å²) in [5, 5.41) is 3.28. The van der Waals surface area contributed by atoms with Crippen molar-refractivity contribution in [3.8, 4) is 5.75 Å². The highest BCUT2D eigenvalue weighted by Crippen LogP contribution is 2.12. The van der Waals surface area contributed by atoms with Crippen LogP contribution in [0.15, 0.2) is 24.3 Å². The molecule has 1 aromatic rings. The average molecular weight is 337 g/mol. The van der Waals surface area contributed by atoms with Gasteiger partial charge in [0.2, 0.25) is 0 Å². The minimum Gasteiger partial charge on any atom is -0.491 e. The molecule has 0 spiro atoms. The van der Waals surface area contributed by atoms with Gasteiger partial charge < -0.3 is 19.3 Å². The van der Waals surface area contributed by atoms with Crippen LogP contribution in [0, 0.1) is 0 Å². The van der Waals surface area contributed by atoms with Gasteiger partial charge in [0.15, 0.2) is 5.11 Å². The van der Waals surface area contributed by atoms with Crippen molar-refractivity contribution in [3.63, 3.8) is 0 Å². The lowest BCUT2D eigenvalue weighted by molar-refractivity contribution is 0.0970. The smallest absolute Gasteiger partial charge is 0.257 e. The zero-order chi connectivity index (χ0) is 16.7. The number of rotatable bonds is 5. The minimum absolute atomic E-state index is 0.197. The van der Waals surface area contributed by atoms with Crippen molar-refractivity contribution in [3.05, 3.63) is 29.8 Å². The second-order valence-electron chi connectivity index (χ2n) is 5.42. The summed E-state index contributed by atoms with van der Waals surface area (Å²) in [6.07, 6.45) is 0. The third kappa shape index (κ3) is 5.46. The van der Waals surface area contributed by atoms with Crippen LogP contribution in [0.3, 0.4) is 0 Å². The van der Waals surface area contributed by atoms with Gasteiger partial charge in [-0.1, -0.05) is 0 Å². The Morgan fingerprint density at radius 1 is 1.17 bits per heavy atom. The number of carbonyl (C=O) groups excluding carboxylic acids is 1. The van der Waals surface area contributed by atoms with Crippen molar-refractivity contribution in [2.75, 3.05) is 53.6 Å². The quantitative estimate of drug-likeness (QED) is 0.638. The van der Waals surface area contributed by atoms with Crippen molar-refractivity contribution in [2.24, 2.45) is 0 Å². The van der Waals surface area contributed by atoms with Crippen LogP contribution in [0.4, 0.5) is 0 Å². The molecule has 1 saturated heterocycles. The monoisotopic (exact) mass is 337 g/mol. The van der Waals surface area contributed by atoms with E-state index in [1.807, 2.05) is 4.90 Å². The summed E-state index contributed by atoms with van der Waals surface area (Å²) in [6.45, 7) is 4.58. The Kier molecular flexibility index (Phi) is 6.76. The summed E-state index contributed by atoms with van der Waals surface area (Å²) in [6, 6.07) is 6.99. The van der Waals surface area contributed by atoms with Crippen LogP contribution in [0.25, 0.3) is 0 Å². The third-order valence-corrected chi connectivity index (χ3v) is 4.04. The molecule has 1 N–H and O–H groups in total.